The number of rotatable bonds is 6. The number of methoxy groups -OCH3 is 1. The van der Waals surface area contributed by atoms with E-state index in [1.165, 1.54) is 12.5 Å². The molecule has 1 aromatic carbocycles. The van der Waals surface area contributed by atoms with Gasteiger partial charge in [-0.15, -0.1) is 0 Å². The van der Waals surface area contributed by atoms with Crippen molar-refractivity contribution in [3.8, 4) is 0 Å². The van der Waals surface area contributed by atoms with Crippen LogP contribution in [0.4, 0.5) is 0 Å². The Morgan fingerprint density at radius 2 is 2.17 bits per heavy atom. The smallest absolute Gasteiger partial charge is 0.217 e. The van der Waals surface area contributed by atoms with Crippen molar-refractivity contribution in [2.24, 2.45) is 0 Å². The maximum atomic E-state index is 11.4. The molecule has 3 nitrogen and oxygen atoms in total. The normalized spacial score (nSPS) is 14.0. The van der Waals surface area contributed by atoms with Gasteiger partial charge < -0.3 is 10.1 Å². The second-order valence-electron chi connectivity index (χ2n) is 4.90. The van der Waals surface area contributed by atoms with Crippen LogP contribution < -0.4 is 5.32 Å². The summed E-state index contributed by atoms with van der Waals surface area (Å²) in [5.74, 6) is -0.0459. The summed E-state index contributed by atoms with van der Waals surface area (Å²) in [5.41, 5.74) is 1.91. The molecule has 0 bridgehead atoms. The van der Waals surface area contributed by atoms with Crippen molar-refractivity contribution in [3.63, 3.8) is 0 Å². The van der Waals surface area contributed by atoms with Gasteiger partial charge in [-0.2, -0.15) is 0 Å². The zero-order chi connectivity index (χ0) is 13.6. The van der Waals surface area contributed by atoms with Gasteiger partial charge in [-0.1, -0.05) is 37.6 Å². The third-order valence-corrected chi connectivity index (χ3v) is 2.99. The number of hydrogen-bond acceptors (Lipinski definition) is 2. The fourth-order valence-electron chi connectivity index (χ4n) is 2.23. The molecule has 1 rings (SSSR count). The van der Waals surface area contributed by atoms with E-state index in [1.807, 2.05) is 19.1 Å². The summed E-state index contributed by atoms with van der Waals surface area (Å²) in [5, 5.41) is 2.98. The minimum atomic E-state index is -0.468. The first-order chi connectivity index (χ1) is 8.51. The van der Waals surface area contributed by atoms with Crippen LogP contribution in [0.15, 0.2) is 24.3 Å². The molecule has 0 fully saturated rings. The highest BCUT2D eigenvalue weighted by Crippen LogP contribution is 2.22. The van der Waals surface area contributed by atoms with Crippen LogP contribution >= 0.6 is 0 Å². The summed E-state index contributed by atoms with van der Waals surface area (Å²) < 4.78 is 5.25. The lowest BCUT2D eigenvalue weighted by Gasteiger charge is -2.30. The monoisotopic (exact) mass is 249 g/mol. The number of hydrogen-bond donors (Lipinski definition) is 1. The summed E-state index contributed by atoms with van der Waals surface area (Å²) in [6.07, 6.45) is 2.17. The van der Waals surface area contributed by atoms with Crippen LogP contribution in [0.2, 0.25) is 0 Å². The van der Waals surface area contributed by atoms with Crippen LogP contribution in [-0.2, 0) is 21.5 Å². The Labute approximate surface area is 110 Å². The first-order valence-corrected chi connectivity index (χ1v) is 6.39. The first-order valence-electron chi connectivity index (χ1n) is 6.39. The van der Waals surface area contributed by atoms with Gasteiger partial charge in [-0.25, -0.2) is 0 Å². The zero-order valence-corrected chi connectivity index (χ0v) is 11.7. The number of carbonyl (C=O) groups is 1. The molecule has 0 aliphatic carbocycles. The van der Waals surface area contributed by atoms with Gasteiger partial charge >= 0.3 is 0 Å². The predicted octanol–water partition coefficient (Wildman–Crippen LogP) is 2.64. The number of nitrogens with one attached hydrogen (secondary N) is 1. The van der Waals surface area contributed by atoms with Gasteiger partial charge in [-0.3, -0.25) is 4.79 Å². The van der Waals surface area contributed by atoms with Crippen molar-refractivity contribution in [2.45, 2.75) is 39.2 Å². The van der Waals surface area contributed by atoms with Crippen LogP contribution in [0.1, 0.15) is 38.3 Å². The number of carbonyl (C=O) groups excluding carboxylic acids is 1. The highest BCUT2D eigenvalue weighted by molar-refractivity contribution is 5.74. The van der Waals surface area contributed by atoms with Gasteiger partial charge in [0.2, 0.25) is 5.91 Å². The highest BCUT2D eigenvalue weighted by atomic mass is 16.5. The lowest BCUT2D eigenvalue weighted by molar-refractivity contribution is -0.121. The van der Waals surface area contributed by atoms with E-state index in [-0.39, 0.29) is 5.91 Å². The van der Waals surface area contributed by atoms with E-state index < -0.39 is 5.54 Å². The molecule has 0 heterocycles. The average molecular weight is 249 g/mol. The fourth-order valence-corrected chi connectivity index (χ4v) is 2.23. The van der Waals surface area contributed by atoms with E-state index in [4.69, 9.17) is 4.74 Å². The number of benzene rings is 1. The van der Waals surface area contributed by atoms with Gasteiger partial charge in [0.05, 0.1) is 12.1 Å². The van der Waals surface area contributed by atoms with Gasteiger partial charge in [-0.05, 0) is 24.5 Å². The lowest BCUT2D eigenvalue weighted by atomic mass is 9.90. The SMILES string of the molecule is CCCc1cccc(C(C)(COC)NC(C)=O)c1. The molecule has 0 radical (unpaired) electrons. The van der Waals surface area contributed by atoms with Crippen molar-refractivity contribution in [2.75, 3.05) is 13.7 Å². The van der Waals surface area contributed by atoms with Crippen LogP contribution in [0, 0.1) is 0 Å². The Hall–Kier alpha value is -1.35. The van der Waals surface area contributed by atoms with Crippen molar-refractivity contribution < 1.29 is 9.53 Å². The standard InChI is InChI=1S/C15H23NO2/c1-5-7-13-8-6-9-14(10-13)15(3,11-18-4)16-12(2)17/h6,8-10H,5,7,11H2,1-4H3,(H,16,17). The maximum Gasteiger partial charge on any atom is 0.217 e. The molecule has 0 saturated heterocycles. The second-order valence-corrected chi connectivity index (χ2v) is 4.90. The molecule has 0 spiro atoms. The van der Waals surface area contributed by atoms with E-state index in [2.05, 4.69) is 24.4 Å². The molecular weight excluding hydrogens is 226 g/mol. The molecule has 3 heteroatoms. The Morgan fingerprint density at radius 1 is 1.44 bits per heavy atom. The van der Waals surface area contributed by atoms with Crippen LogP contribution in [-0.4, -0.2) is 19.6 Å². The Kier molecular flexibility index (Phi) is 5.35. The van der Waals surface area contributed by atoms with Crippen LogP contribution in [0.3, 0.4) is 0 Å². The van der Waals surface area contributed by atoms with Gasteiger partial charge in [0.1, 0.15) is 0 Å². The van der Waals surface area contributed by atoms with Crippen LogP contribution in [0.5, 0.6) is 0 Å². The molecule has 1 atom stereocenters. The maximum absolute atomic E-state index is 11.4. The zero-order valence-electron chi connectivity index (χ0n) is 11.7. The van der Waals surface area contributed by atoms with Crippen molar-refractivity contribution >= 4 is 5.91 Å². The predicted molar refractivity (Wildman–Crippen MR) is 73.5 cm³/mol. The molecule has 0 aromatic heterocycles. The van der Waals surface area contributed by atoms with E-state index in [0.717, 1.165) is 18.4 Å². The van der Waals surface area contributed by atoms with Gasteiger partial charge in [0.25, 0.3) is 0 Å². The second kappa shape index (κ2) is 6.55. The molecule has 1 N–H and O–H groups in total. The number of aryl methyl sites for hydroxylation is 1. The molecule has 1 amide bonds. The third kappa shape index (κ3) is 3.84. The molecule has 1 aromatic rings. The largest absolute Gasteiger partial charge is 0.382 e. The molecule has 100 valence electrons. The van der Waals surface area contributed by atoms with Crippen molar-refractivity contribution in [1.82, 2.24) is 5.32 Å². The summed E-state index contributed by atoms with van der Waals surface area (Å²) >= 11 is 0. The quantitative estimate of drug-likeness (QED) is 0.841. The number of amides is 1. The van der Waals surface area contributed by atoms with Crippen molar-refractivity contribution in [1.29, 1.82) is 0 Å². The summed E-state index contributed by atoms with van der Waals surface area (Å²) in [4.78, 5) is 11.4. The third-order valence-electron chi connectivity index (χ3n) is 2.99. The van der Waals surface area contributed by atoms with Gasteiger partial charge in [0.15, 0.2) is 0 Å². The molecule has 18 heavy (non-hydrogen) atoms. The topological polar surface area (TPSA) is 38.3 Å². The molecule has 0 saturated carbocycles. The summed E-state index contributed by atoms with van der Waals surface area (Å²) in [6.45, 7) is 6.14. The highest BCUT2D eigenvalue weighted by Gasteiger charge is 2.27. The molecule has 1 unspecified atom stereocenters. The Balaban J connectivity index is 3.04. The Morgan fingerprint density at radius 3 is 2.72 bits per heavy atom. The molecule has 0 aliphatic rings. The number of ether oxygens (including phenoxy) is 1. The Bertz CT molecular complexity index is 403. The summed E-state index contributed by atoms with van der Waals surface area (Å²) in [7, 11) is 1.65. The minimum absolute atomic E-state index is 0.0459. The lowest BCUT2D eigenvalue weighted by Crippen LogP contribution is -2.45. The molecular formula is C15H23NO2. The van der Waals surface area contributed by atoms with Crippen molar-refractivity contribution in [3.05, 3.63) is 35.4 Å². The first kappa shape index (κ1) is 14.7. The van der Waals surface area contributed by atoms with E-state index in [1.54, 1.807) is 7.11 Å². The minimum Gasteiger partial charge on any atom is -0.382 e. The van der Waals surface area contributed by atoms with E-state index in [0.29, 0.717) is 6.61 Å². The average Bonchev–Trinajstić information content (AvgIpc) is 2.29. The van der Waals surface area contributed by atoms with Gasteiger partial charge in [0, 0.05) is 14.0 Å². The summed E-state index contributed by atoms with van der Waals surface area (Å²) in [6, 6.07) is 8.34. The van der Waals surface area contributed by atoms with E-state index in [9.17, 15) is 4.79 Å². The molecule has 0 aliphatic heterocycles. The van der Waals surface area contributed by atoms with Crippen LogP contribution in [0.25, 0.3) is 0 Å². The van der Waals surface area contributed by atoms with E-state index >= 15 is 0 Å². The fraction of sp³-hybridized carbons (Fsp3) is 0.533.